The van der Waals surface area contributed by atoms with Gasteiger partial charge in [0.1, 0.15) is 11.5 Å². The van der Waals surface area contributed by atoms with Crippen molar-refractivity contribution in [2.75, 3.05) is 20.8 Å². The van der Waals surface area contributed by atoms with Crippen molar-refractivity contribution >= 4 is 0 Å². The van der Waals surface area contributed by atoms with Crippen LogP contribution in [0, 0.1) is 0 Å². The van der Waals surface area contributed by atoms with Gasteiger partial charge in [0.15, 0.2) is 0 Å². The van der Waals surface area contributed by atoms with Gasteiger partial charge in [-0.25, -0.2) is 0 Å². The number of hydrogen-bond donors (Lipinski definition) is 1. The van der Waals surface area contributed by atoms with Crippen molar-refractivity contribution in [3.05, 3.63) is 22.8 Å². The lowest BCUT2D eigenvalue weighted by molar-refractivity contribution is 0.287. The number of benzene rings is 1. The minimum absolute atomic E-state index is 0.217. The highest BCUT2D eigenvalue weighted by molar-refractivity contribution is 5.60. The Balaban J connectivity index is 2.10. The summed E-state index contributed by atoms with van der Waals surface area (Å²) in [5, 5.41) is 9.04. The van der Waals surface area contributed by atoms with Gasteiger partial charge in [0.25, 0.3) is 0 Å². The fraction of sp³-hybridized carbons (Fsp3) is 0.625. The summed E-state index contributed by atoms with van der Waals surface area (Å²) >= 11 is 0. The second-order valence-corrected chi connectivity index (χ2v) is 5.63. The third kappa shape index (κ3) is 1.91. The normalized spacial score (nSPS) is 23.5. The number of methoxy groups -OCH3 is 2. The van der Waals surface area contributed by atoms with Gasteiger partial charge in [-0.05, 0) is 55.6 Å². The Bertz CT molecular complexity index is 481. The molecule has 2 aliphatic rings. The highest BCUT2D eigenvalue weighted by Gasteiger charge is 2.42. The van der Waals surface area contributed by atoms with Crippen LogP contribution in [0.3, 0.4) is 0 Å². The number of aliphatic hydroxyl groups is 1. The van der Waals surface area contributed by atoms with E-state index in [1.807, 2.05) is 0 Å². The van der Waals surface area contributed by atoms with Crippen LogP contribution < -0.4 is 9.47 Å². The van der Waals surface area contributed by atoms with Crippen molar-refractivity contribution in [2.45, 2.75) is 43.9 Å². The molecular weight excluding hydrogens is 240 g/mol. The van der Waals surface area contributed by atoms with Gasteiger partial charge in [0.2, 0.25) is 0 Å². The van der Waals surface area contributed by atoms with Crippen LogP contribution in [-0.2, 0) is 6.42 Å². The lowest BCUT2D eigenvalue weighted by Crippen LogP contribution is -2.07. The average Bonchev–Trinajstić information content (AvgIpc) is 3.05. The van der Waals surface area contributed by atoms with Crippen molar-refractivity contribution in [1.82, 2.24) is 0 Å². The molecule has 1 aromatic carbocycles. The maximum atomic E-state index is 9.04. The second-order valence-electron chi connectivity index (χ2n) is 5.63. The van der Waals surface area contributed by atoms with E-state index >= 15 is 0 Å². The Morgan fingerprint density at radius 2 is 1.89 bits per heavy atom. The molecule has 104 valence electrons. The number of ether oxygens (including phenoxy) is 2. The van der Waals surface area contributed by atoms with E-state index in [2.05, 4.69) is 6.07 Å². The first-order chi connectivity index (χ1) is 9.30. The average molecular weight is 262 g/mol. The lowest BCUT2D eigenvalue weighted by Gasteiger charge is -2.23. The molecule has 0 spiro atoms. The van der Waals surface area contributed by atoms with Crippen LogP contribution in [0.2, 0.25) is 0 Å². The topological polar surface area (TPSA) is 38.7 Å². The summed E-state index contributed by atoms with van der Waals surface area (Å²) in [5.74, 6) is 3.39. The summed E-state index contributed by atoms with van der Waals surface area (Å²) < 4.78 is 11.3. The molecule has 1 saturated carbocycles. The van der Waals surface area contributed by atoms with Crippen LogP contribution in [0.4, 0.5) is 0 Å². The molecule has 1 N–H and O–H groups in total. The van der Waals surface area contributed by atoms with Gasteiger partial charge >= 0.3 is 0 Å². The minimum Gasteiger partial charge on any atom is -0.496 e. The summed E-state index contributed by atoms with van der Waals surface area (Å²) in [6.45, 7) is 0.217. The lowest BCUT2D eigenvalue weighted by atomic mass is 9.87. The van der Waals surface area contributed by atoms with Gasteiger partial charge in [-0.15, -0.1) is 0 Å². The first-order valence-corrected chi connectivity index (χ1v) is 7.18. The van der Waals surface area contributed by atoms with Gasteiger partial charge in [-0.1, -0.05) is 0 Å². The molecule has 0 amide bonds. The molecule has 2 bridgehead atoms. The minimum atomic E-state index is 0.217. The monoisotopic (exact) mass is 262 g/mol. The summed E-state index contributed by atoms with van der Waals surface area (Å²) in [7, 11) is 3.51. The second kappa shape index (κ2) is 5.04. The Hall–Kier alpha value is -1.22. The maximum Gasteiger partial charge on any atom is 0.126 e. The molecule has 19 heavy (non-hydrogen) atoms. The molecule has 0 heterocycles. The molecule has 1 fully saturated rings. The third-order valence-electron chi connectivity index (χ3n) is 4.67. The molecule has 2 unspecified atom stereocenters. The number of rotatable bonds is 5. The van der Waals surface area contributed by atoms with E-state index in [4.69, 9.17) is 14.6 Å². The van der Waals surface area contributed by atoms with E-state index in [0.717, 1.165) is 24.3 Å². The summed E-state index contributed by atoms with van der Waals surface area (Å²) in [6.07, 6.45) is 5.44. The molecule has 2 aliphatic carbocycles. The smallest absolute Gasteiger partial charge is 0.126 e. The highest BCUT2D eigenvalue weighted by atomic mass is 16.5. The first-order valence-electron chi connectivity index (χ1n) is 7.18. The maximum absolute atomic E-state index is 9.04. The number of aryl methyl sites for hydroxylation is 1. The summed E-state index contributed by atoms with van der Waals surface area (Å²) in [4.78, 5) is 0. The van der Waals surface area contributed by atoms with Gasteiger partial charge in [0, 0.05) is 17.7 Å². The Morgan fingerprint density at radius 3 is 2.53 bits per heavy atom. The van der Waals surface area contributed by atoms with E-state index in [1.54, 1.807) is 14.2 Å². The van der Waals surface area contributed by atoms with Crippen molar-refractivity contribution < 1.29 is 14.6 Å². The first kappa shape index (κ1) is 12.8. The van der Waals surface area contributed by atoms with E-state index in [9.17, 15) is 0 Å². The summed E-state index contributed by atoms with van der Waals surface area (Å²) in [6, 6.07) is 2.12. The molecule has 0 aromatic heterocycles. The van der Waals surface area contributed by atoms with Crippen LogP contribution in [0.25, 0.3) is 0 Å². The molecule has 3 rings (SSSR count). The molecule has 3 heteroatoms. The zero-order valence-electron chi connectivity index (χ0n) is 11.7. The van der Waals surface area contributed by atoms with E-state index in [0.29, 0.717) is 11.8 Å². The number of aliphatic hydroxyl groups excluding tert-OH is 1. The van der Waals surface area contributed by atoms with E-state index < -0.39 is 0 Å². The van der Waals surface area contributed by atoms with Gasteiger partial charge in [-0.3, -0.25) is 0 Å². The number of fused-ring (bicyclic) bond motifs is 5. The highest BCUT2D eigenvalue weighted by Crippen LogP contribution is 2.59. The fourth-order valence-corrected chi connectivity index (χ4v) is 3.93. The van der Waals surface area contributed by atoms with Crippen molar-refractivity contribution in [3.8, 4) is 11.5 Å². The zero-order chi connectivity index (χ0) is 13.4. The molecule has 1 aromatic rings. The van der Waals surface area contributed by atoms with Crippen LogP contribution >= 0.6 is 0 Å². The molecular formula is C16H22O3. The van der Waals surface area contributed by atoms with E-state index in [1.165, 1.54) is 36.0 Å². The predicted octanol–water partition coefficient (Wildman–Crippen LogP) is 2.99. The Kier molecular flexibility index (Phi) is 3.40. The number of hydrogen-bond acceptors (Lipinski definition) is 3. The van der Waals surface area contributed by atoms with Crippen molar-refractivity contribution in [1.29, 1.82) is 0 Å². The van der Waals surface area contributed by atoms with E-state index in [-0.39, 0.29) is 6.61 Å². The van der Waals surface area contributed by atoms with Crippen LogP contribution in [0.1, 0.15) is 54.2 Å². The SMILES string of the molecule is COc1cc(CCCO)c(OC)c2c1C1CCC2C1. The Morgan fingerprint density at radius 1 is 1.16 bits per heavy atom. The third-order valence-corrected chi connectivity index (χ3v) is 4.67. The van der Waals surface area contributed by atoms with Crippen LogP contribution in [0.15, 0.2) is 6.07 Å². The molecule has 0 radical (unpaired) electrons. The molecule has 2 atom stereocenters. The van der Waals surface area contributed by atoms with Crippen molar-refractivity contribution in [3.63, 3.8) is 0 Å². The van der Waals surface area contributed by atoms with Crippen LogP contribution in [-0.4, -0.2) is 25.9 Å². The molecule has 0 aliphatic heterocycles. The largest absolute Gasteiger partial charge is 0.496 e. The predicted molar refractivity (Wildman–Crippen MR) is 74.3 cm³/mol. The fourth-order valence-electron chi connectivity index (χ4n) is 3.93. The van der Waals surface area contributed by atoms with Gasteiger partial charge < -0.3 is 14.6 Å². The van der Waals surface area contributed by atoms with Gasteiger partial charge in [-0.2, -0.15) is 0 Å². The standard InChI is InChI=1S/C16H22O3/c1-18-13-9-12(4-3-7-17)16(19-2)15-11-6-5-10(8-11)14(13)15/h9-11,17H,3-8H2,1-2H3. The zero-order valence-corrected chi connectivity index (χ0v) is 11.7. The van der Waals surface area contributed by atoms with Crippen molar-refractivity contribution in [2.24, 2.45) is 0 Å². The van der Waals surface area contributed by atoms with Gasteiger partial charge in [0.05, 0.1) is 14.2 Å². The summed E-state index contributed by atoms with van der Waals surface area (Å²) in [5.41, 5.74) is 3.97. The Labute approximate surface area is 114 Å². The quantitative estimate of drug-likeness (QED) is 0.886. The van der Waals surface area contributed by atoms with Crippen LogP contribution in [0.5, 0.6) is 11.5 Å². The molecule has 0 saturated heterocycles. The molecule has 3 nitrogen and oxygen atoms in total.